The van der Waals surface area contributed by atoms with Gasteiger partial charge in [-0.05, 0) is 27.7 Å². The highest BCUT2D eigenvalue weighted by Gasteiger charge is 2.37. The molecule has 27 heavy (non-hydrogen) atoms. The third kappa shape index (κ3) is 3.29. The van der Waals surface area contributed by atoms with Gasteiger partial charge >= 0.3 is 6.09 Å². The van der Waals surface area contributed by atoms with Gasteiger partial charge in [-0.1, -0.05) is 0 Å². The van der Waals surface area contributed by atoms with Crippen molar-refractivity contribution >= 4 is 28.8 Å². The number of nitrogens with zero attached hydrogens (tertiary/aromatic N) is 3. The number of benzene rings is 1. The van der Waals surface area contributed by atoms with E-state index in [0.29, 0.717) is 12.2 Å². The fourth-order valence-electron chi connectivity index (χ4n) is 3.08. The van der Waals surface area contributed by atoms with Crippen molar-refractivity contribution in [2.75, 3.05) is 25.0 Å². The Kier molecular flexibility index (Phi) is 4.71. The van der Waals surface area contributed by atoms with Crippen LogP contribution >= 0.6 is 0 Å². The number of amides is 2. The van der Waals surface area contributed by atoms with E-state index >= 15 is 4.39 Å². The van der Waals surface area contributed by atoms with Gasteiger partial charge in [0.15, 0.2) is 17.5 Å². The first-order chi connectivity index (χ1) is 12.7. The van der Waals surface area contributed by atoms with E-state index in [1.165, 1.54) is 18.0 Å². The first-order valence-electron chi connectivity index (χ1n) is 8.73. The molecule has 8 nitrogen and oxygen atoms in total. The molecule has 0 aliphatic carbocycles. The minimum Gasteiger partial charge on any atom is -0.434 e. The predicted molar refractivity (Wildman–Crippen MR) is 96.9 cm³/mol. The number of nitrogens with one attached hydrogen (secondary N) is 1. The molecule has 1 aliphatic heterocycles. The Labute approximate surface area is 155 Å². The molecule has 1 aromatic carbocycles. The maximum Gasteiger partial charge on any atom is 0.415 e. The summed E-state index contributed by atoms with van der Waals surface area (Å²) in [5.74, 6) is -0.963. The Balaban J connectivity index is 2.12. The lowest BCUT2D eigenvalue weighted by atomic mass is 10.1. The van der Waals surface area contributed by atoms with Crippen LogP contribution in [0, 0.1) is 5.82 Å². The quantitative estimate of drug-likeness (QED) is 0.886. The molecular weight excluding hydrogens is 355 g/mol. The summed E-state index contributed by atoms with van der Waals surface area (Å²) >= 11 is 0. The Morgan fingerprint density at radius 3 is 2.70 bits per heavy atom. The van der Waals surface area contributed by atoms with Crippen molar-refractivity contribution < 1.29 is 23.1 Å². The molecule has 0 radical (unpaired) electrons. The number of halogens is 1. The van der Waals surface area contributed by atoms with E-state index in [2.05, 4.69) is 10.3 Å². The van der Waals surface area contributed by atoms with Gasteiger partial charge in [0.05, 0.1) is 12.2 Å². The zero-order valence-corrected chi connectivity index (χ0v) is 16.0. The lowest BCUT2D eigenvalue weighted by Gasteiger charge is -2.21. The summed E-state index contributed by atoms with van der Waals surface area (Å²) in [5, 5.41) is 2.43. The summed E-state index contributed by atoms with van der Waals surface area (Å²) < 4.78 is 27.5. The van der Waals surface area contributed by atoms with Crippen molar-refractivity contribution in [2.45, 2.75) is 39.3 Å². The van der Waals surface area contributed by atoms with Crippen LogP contribution in [0.4, 0.5) is 14.9 Å². The largest absolute Gasteiger partial charge is 0.434 e. The van der Waals surface area contributed by atoms with E-state index in [1.54, 1.807) is 10.6 Å². The molecule has 146 valence electrons. The van der Waals surface area contributed by atoms with Crippen molar-refractivity contribution in [3.8, 4) is 0 Å². The molecule has 1 aromatic heterocycles. The van der Waals surface area contributed by atoms with Crippen molar-refractivity contribution in [3.05, 3.63) is 23.6 Å². The van der Waals surface area contributed by atoms with E-state index in [-0.39, 0.29) is 23.3 Å². The highest BCUT2D eigenvalue weighted by molar-refractivity contribution is 5.96. The Hall–Kier alpha value is -2.84. The van der Waals surface area contributed by atoms with Crippen LogP contribution in [-0.2, 0) is 15.1 Å². The number of fused-ring (bicyclic) bond motifs is 1. The molecule has 1 atom stereocenters. The molecule has 2 heterocycles. The van der Waals surface area contributed by atoms with Crippen molar-refractivity contribution in [3.63, 3.8) is 0 Å². The van der Waals surface area contributed by atoms with Crippen LogP contribution in [0.3, 0.4) is 0 Å². The van der Waals surface area contributed by atoms with Gasteiger partial charge in [0.2, 0.25) is 0 Å². The van der Waals surface area contributed by atoms with Gasteiger partial charge in [0.1, 0.15) is 5.52 Å². The second-order valence-electron chi connectivity index (χ2n) is 7.24. The molecule has 1 fully saturated rings. The normalized spacial score (nSPS) is 18.3. The molecule has 1 N–H and O–H groups in total. The number of ether oxygens (including phenoxy) is 1. The molecule has 1 saturated heterocycles. The Bertz CT molecular complexity index is 970. The molecule has 0 saturated carbocycles. The summed E-state index contributed by atoms with van der Waals surface area (Å²) in [4.78, 5) is 29.4. The molecule has 2 amide bonds. The molecule has 3 rings (SSSR count). The fraction of sp³-hybridized carbons (Fsp3) is 0.500. The summed E-state index contributed by atoms with van der Waals surface area (Å²) in [7, 11) is 1.46. The number of cyclic esters (lactones) is 1. The molecule has 1 aliphatic rings. The zero-order chi connectivity index (χ0) is 19.9. The van der Waals surface area contributed by atoms with Crippen LogP contribution in [-0.4, -0.2) is 42.8 Å². The summed E-state index contributed by atoms with van der Waals surface area (Å²) in [6.45, 7) is 8.12. The van der Waals surface area contributed by atoms with E-state index in [4.69, 9.17) is 9.15 Å². The van der Waals surface area contributed by atoms with Crippen molar-refractivity contribution in [2.24, 2.45) is 4.99 Å². The fourth-order valence-corrected chi connectivity index (χ4v) is 3.08. The average molecular weight is 378 g/mol. The number of oxazole rings is 1. The van der Waals surface area contributed by atoms with Gasteiger partial charge < -0.3 is 14.5 Å². The van der Waals surface area contributed by atoms with Gasteiger partial charge in [0, 0.05) is 31.3 Å². The first kappa shape index (κ1) is 18.9. The van der Waals surface area contributed by atoms with E-state index in [0.717, 1.165) is 0 Å². The van der Waals surface area contributed by atoms with E-state index < -0.39 is 29.5 Å². The molecule has 0 unspecified atom stereocenters. The average Bonchev–Trinajstić information content (AvgIpc) is 3.15. The number of anilines is 1. The van der Waals surface area contributed by atoms with Gasteiger partial charge in [-0.2, -0.15) is 0 Å². The number of rotatable bonds is 3. The maximum atomic E-state index is 15.0. The standard InChI is InChI=1S/C18H23FN4O4/c1-6-21-16-23(18(2,3)4)14-11(19)7-10(8-12(14)26-16)22-9-13(15(24)20-5)27-17(22)25/h7-8,13H,6,9H2,1-5H3,(H,20,24)/t13-/m1/s1. The number of aromatic nitrogens is 1. The van der Waals surface area contributed by atoms with E-state index in [9.17, 15) is 9.59 Å². The number of carbonyl (C=O) groups is 2. The molecule has 9 heteroatoms. The van der Waals surface area contributed by atoms with Gasteiger partial charge in [-0.15, -0.1) is 0 Å². The predicted octanol–water partition coefficient (Wildman–Crippen LogP) is 2.12. The molecule has 2 aromatic rings. The number of likely N-dealkylation sites (N-methyl/N-ethyl adjacent to an activating group) is 1. The zero-order valence-electron chi connectivity index (χ0n) is 16.0. The van der Waals surface area contributed by atoms with Gasteiger partial charge in [-0.25, -0.2) is 14.2 Å². The van der Waals surface area contributed by atoms with Crippen molar-refractivity contribution in [1.82, 2.24) is 9.88 Å². The molecular formula is C18H23FN4O4. The SMILES string of the molecule is CCN=c1oc2cc(N3C[C@H](C(=O)NC)OC3=O)cc(F)c2n1C(C)(C)C. The molecule has 0 bridgehead atoms. The Morgan fingerprint density at radius 1 is 1.41 bits per heavy atom. The smallest absolute Gasteiger partial charge is 0.415 e. The second kappa shape index (κ2) is 6.71. The monoisotopic (exact) mass is 378 g/mol. The third-order valence-electron chi connectivity index (χ3n) is 4.26. The first-order valence-corrected chi connectivity index (χ1v) is 8.73. The minimum atomic E-state index is -0.942. The van der Waals surface area contributed by atoms with Crippen LogP contribution < -0.4 is 15.9 Å². The lowest BCUT2D eigenvalue weighted by molar-refractivity contribution is -0.127. The van der Waals surface area contributed by atoms with Crippen LogP contribution in [0.2, 0.25) is 0 Å². The minimum absolute atomic E-state index is 0.00434. The summed E-state index contributed by atoms with van der Waals surface area (Å²) in [6, 6.07) is 2.80. The van der Waals surface area contributed by atoms with Gasteiger partial charge in [-0.3, -0.25) is 14.3 Å². The number of carbonyl (C=O) groups excluding carboxylic acids is 2. The van der Waals surface area contributed by atoms with Crippen LogP contribution in [0.5, 0.6) is 0 Å². The number of hydrogen-bond acceptors (Lipinski definition) is 5. The Morgan fingerprint density at radius 2 is 2.11 bits per heavy atom. The number of hydrogen-bond donors (Lipinski definition) is 1. The third-order valence-corrected chi connectivity index (χ3v) is 4.26. The topological polar surface area (TPSA) is 89.1 Å². The second-order valence-corrected chi connectivity index (χ2v) is 7.24. The van der Waals surface area contributed by atoms with Crippen molar-refractivity contribution in [1.29, 1.82) is 0 Å². The van der Waals surface area contributed by atoms with Crippen LogP contribution in [0.15, 0.2) is 21.5 Å². The lowest BCUT2D eigenvalue weighted by Crippen LogP contribution is -2.35. The highest BCUT2D eigenvalue weighted by Crippen LogP contribution is 2.30. The van der Waals surface area contributed by atoms with Crippen LogP contribution in [0.1, 0.15) is 27.7 Å². The van der Waals surface area contributed by atoms with Gasteiger partial charge in [0.25, 0.3) is 11.6 Å². The highest BCUT2D eigenvalue weighted by atomic mass is 19.1. The maximum absolute atomic E-state index is 15.0. The van der Waals surface area contributed by atoms with E-state index in [1.807, 2.05) is 27.7 Å². The molecule has 0 spiro atoms. The summed E-state index contributed by atoms with van der Waals surface area (Å²) in [6.07, 6.45) is -1.65. The van der Waals surface area contributed by atoms with Crippen LogP contribution in [0.25, 0.3) is 11.1 Å². The summed E-state index contributed by atoms with van der Waals surface area (Å²) in [5.41, 5.74) is 0.646.